The molecule has 0 radical (unpaired) electrons. The van der Waals surface area contributed by atoms with Crippen molar-refractivity contribution in [3.63, 3.8) is 0 Å². The maximum atomic E-state index is 10.8. The smallest absolute Gasteiger partial charge is 0.203 e. The maximum Gasteiger partial charge on any atom is 0.203 e. The molecule has 8 heteroatoms. The van der Waals surface area contributed by atoms with Gasteiger partial charge in [0.05, 0.1) is 46.9 Å². The summed E-state index contributed by atoms with van der Waals surface area (Å²) in [5.74, 6) is 0. The molecule has 2 N–H and O–H groups in total. The average molecular weight is 435 g/mol. The van der Waals surface area contributed by atoms with E-state index in [0.717, 1.165) is 50.4 Å². The van der Waals surface area contributed by atoms with Crippen LogP contribution in [-0.2, 0) is 17.8 Å². The lowest BCUT2D eigenvalue weighted by Gasteiger charge is -2.26. The summed E-state index contributed by atoms with van der Waals surface area (Å²) in [4.78, 5) is 2.35. The number of aliphatic hydroxyl groups excluding tert-OH is 1. The van der Waals surface area contributed by atoms with Crippen molar-refractivity contribution < 1.29 is 9.84 Å². The molecule has 4 rings (SSSR count). The second-order valence-corrected chi connectivity index (χ2v) is 8.03. The highest BCUT2D eigenvalue weighted by atomic mass is 35.5. The van der Waals surface area contributed by atoms with E-state index in [1.54, 1.807) is 18.2 Å². The van der Waals surface area contributed by atoms with E-state index in [1.807, 2.05) is 33.4 Å². The number of aliphatic hydroxyl groups is 1. The average Bonchev–Trinajstić information content (AvgIpc) is 3.00. The predicted octanol–water partition coefficient (Wildman–Crippen LogP) is 3.29. The van der Waals surface area contributed by atoms with E-state index < -0.39 is 6.10 Å². The lowest BCUT2D eigenvalue weighted by Crippen LogP contribution is -2.39. The Hall–Kier alpha value is -1.83. The number of para-hydroxylation sites is 2. The molecule has 6 nitrogen and oxygen atoms in total. The van der Waals surface area contributed by atoms with E-state index in [4.69, 9.17) is 33.3 Å². The van der Waals surface area contributed by atoms with Crippen molar-refractivity contribution in [3.8, 4) is 0 Å². The molecule has 0 saturated carbocycles. The third-order valence-corrected chi connectivity index (χ3v) is 6.14. The first kappa shape index (κ1) is 20.4. The Kier molecular flexibility index (Phi) is 6.27. The zero-order chi connectivity index (χ0) is 20.4. The molecule has 1 aliphatic rings. The highest BCUT2D eigenvalue weighted by Gasteiger charge is 2.17. The van der Waals surface area contributed by atoms with Crippen LogP contribution in [0.2, 0.25) is 10.0 Å². The largest absolute Gasteiger partial charge is 0.387 e. The van der Waals surface area contributed by atoms with Gasteiger partial charge in [-0.3, -0.25) is 10.3 Å². The highest BCUT2D eigenvalue weighted by molar-refractivity contribution is 6.42. The molecular formula is C21H24Cl2N4O2. The molecule has 29 heavy (non-hydrogen) atoms. The van der Waals surface area contributed by atoms with Crippen LogP contribution in [0.4, 0.5) is 0 Å². The number of hydrogen-bond acceptors (Lipinski definition) is 4. The van der Waals surface area contributed by atoms with Gasteiger partial charge in [0.25, 0.3) is 0 Å². The van der Waals surface area contributed by atoms with E-state index in [1.165, 1.54) is 0 Å². The number of halogens is 2. The minimum atomic E-state index is -0.794. The maximum absolute atomic E-state index is 10.8. The number of benzene rings is 2. The molecule has 1 aliphatic heterocycles. The van der Waals surface area contributed by atoms with Gasteiger partial charge in [-0.2, -0.15) is 0 Å². The quantitative estimate of drug-likeness (QED) is 0.625. The van der Waals surface area contributed by atoms with E-state index >= 15 is 0 Å². The Morgan fingerprint density at radius 1 is 0.966 bits per heavy atom. The normalized spacial score (nSPS) is 16.4. The number of rotatable bonds is 6. The molecule has 1 saturated heterocycles. The molecule has 154 valence electrons. The summed E-state index contributed by atoms with van der Waals surface area (Å²) in [7, 11) is 0. The van der Waals surface area contributed by atoms with Crippen LogP contribution in [0, 0.1) is 5.41 Å². The van der Waals surface area contributed by atoms with Crippen LogP contribution in [0.3, 0.4) is 0 Å². The monoisotopic (exact) mass is 434 g/mol. The number of morpholine rings is 1. The zero-order valence-corrected chi connectivity index (χ0v) is 17.5. The van der Waals surface area contributed by atoms with Gasteiger partial charge in [-0.1, -0.05) is 41.4 Å². The molecular weight excluding hydrogens is 411 g/mol. The summed E-state index contributed by atoms with van der Waals surface area (Å²) < 4.78 is 9.27. The number of imidazole rings is 1. The van der Waals surface area contributed by atoms with E-state index in [-0.39, 0.29) is 6.54 Å². The topological polar surface area (TPSA) is 66.4 Å². The molecule has 1 fully saturated rings. The molecule has 1 atom stereocenters. The van der Waals surface area contributed by atoms with Crippen molar-refractivity contribution in [1.82, 2.24) is 14.0 Å². The first-order chi connectivity index (χ1) is 14.0. The van der Waals surface area contributed by atoms with Crippen molar-refractivity contribution in [2.45, 2.75) is 19.2 Å². The first-order valence-electron chi connectivity index (χ1n) is 9.70. The fourth-order valence-electron chi connectivity index (χ4n) is 3.77. The zero-order valence-electron chi connectivity index (χ0n) is 16.0. The van der Waals surface area contributed by atoms with Crippen molar-refractivity contribution in [1.29, 1.82) is 5.41 Å². The minimum absolute atomic E-state index is 0.266. The summed E-state index contributed by atoms with van der Waals surface area (Å²) in [6.45, 7) is 5.21. The van der Waals surface area contributed by atoms with Gasteiger partial charge in [-0.15, -0.1) is 0 Å². The minimum Gasteiger partial charge on any atom is -0.387 e. The van der Waals surface area contributed by atoms with Crippen molar-refractivity contribution in [2.24, 2.45) is 0 Å². The standard InChI is InChI=1S/C21H24Cl2N4O2/c22-16-6-5-15(13-17(16)23)20(28)14-27-19-4-2-1-3-18(19)26(21(27)24)8-7-25-9-11-29-12-10-25/h1-6,13,20,24,28H,7-12,14H2/t20-/m1/s1. The van der Waals surface area contributed by atoms with Crippen LogP contribution in [0.25, 0.3) is 11.0 Å². The summed E-state index contributed by atoms with van der Waals surface area (Å²) in [5, 5.41) is 20.4. The van der Waals surface area contributed by atoms with Crippen LogP contribution in [-0.4, -0.2) is 52.0 Å². The second-order valence-electron chi connectivity index (χ2n) is 7.22. The Bertz CT molecular complexity index is 1060. The Morgan fingerprint density at radius 2 is 1.66 bits per heavy atom. The summed E-state index contributed by atoms with van der Waals surface area (Å²) >= 11 is 12.1. The van der Waals surface area contributed by atoms with Crippen LogP contribution >= 0.6 is 23.2 Å². The number of aromatic nitrogens is 2. The van der Waals surface area contributed by atoms with Crippen LogP contribution in [0.15, 0.2) is 42.5 Å². The molecule has 0 aliphatic carbocycles. The Labute approximate surface area is 179 Å². The Balaban J connectivity index is 1.61. The molecule has 2 heterocycles. The summed E-state index contributed by atoms with van der Waals surface area (Å²) in [5.41, 5.74) is 2.97. The third-order valence-electron chi connectivity index (χ3n) is 5.40. The first-order valence-corrected chi connectivity index (χ1v) is 10.5. The summed E-state index contributed by atoms with van der Waals surface area (Å²) in [6, 6.07) is 13.1. The van der Waals surface area contributed by atoms with Crippen LogP contribution in [0.1, 0.15) is 11.7 Å². The number of fused-ring (bicyclic) bond motifs is 1. The van der Waals surface area contributed by atoms with Gasteiger partial charge >= 0.3 is 0 Å². The van der Waals surface area contributed by atoms with Gasteiger partial charge in [0.15, 0.2) is 0 Å². The predicted molar refractivity (Wildman–Crippen MR) is 114 cm³/mol. The van der Waals surface area contributed by atoms with Crippen molar-refractivity contribution in [2.75, 3.05) is 32.8 Å². The van der Waals surface area contributed by atoms with Gasteiger partial charge in [-0.05, 0) is 29.8 Å². The molecule has 0 amide bonds. The molecule has 1 aromatic heterocycles. The van der Waals surface area contributed by atoms with Gasteiger partial charge < -0.3 is 19.0 Å². The van der Waals surface area contributed by atoms with Gasteiger partial charge in [-0.25, -0.2) is 0 Å². The lowest BCUT2D eigenvalue weighted by atomic mass is 10.1. The SMILES string of the molecule is N=c1n(CCN2CCOCC2)c2ccccc2n1C[C@@H](O)c1ccc(Cl)c(Cl)c1. The molecule has 0 bridgehead atoms. The van der Waals surface area contributed by atoms with Crippen LogP contribution in [0.5, 0.6) is 0 Å². The highest BCUT2D eigenvalue weighted by Crippen LogP contribution is 2.26. The number of nitrogens with one attached hydrogen (secondary N) is 1. The fraction of sp³-hybridized carbons (Fsp3) is 0.381. The molecule has 0 spiro atoms. The molecule has 2 aromatic carbocycles. The van der Waals surface area contributed by atoms with Gasteiger partial charge in [0.1, 0.15) is 0 Å². The summed E-state index contributed by atoms with van der Waals surface area (Å²) in [6.07, 6.45) is -0.794. The van der Waals surface area contributed by atoms with Crippen molar-refractivity contribution in [3.05, 3.63) is 63.7 Å². The van der Waals surface area contributed by atoms with Gasteiger partial charge in [0.2, 0.25) is 5.62 Å². The van der Waals surface area contributed by atoms with Crippen LogP contribution < -0.4 is 5.62 Å². The number of nitrogens with zero attached hydrogens (tertiary/aromatic N) is 3. The van der Waals surface area contributed by atoms with E-state index in [9.17, 15) is 5.11 Å². The Morgan fingerprint density at radius 3 is 2.34 bits per heavy atom. The molecule has 0 unspecified atom stereocenters. The second kappa shape index (κ2) is 8.90. The third kappa shape index (κ3) is 4.37. The fourth-order valence-corrected chi connectivity index (χ4v) is 4.08. The van der Waals surface area contributed by atoms with Crippen molar-refractivity contribution >= 4 is 34.2 Å². The van der Waals surface area contributed by atoms with E-state index in [0.29, 0.717) is 21.2 Å². The lowest BCUT2D eigenvalue weighted by molar-refractivity contribution is 0.0363. The van der Waals surface area contributed by atoms with E-state index in [2.05, 4.69) is 4.90 Å². The molecule has 3 aromatic rings. The number of ether oxygens (including phenoxy) is 1. The number of hydrogen-bond donors (Lipinski definition) is 2. The van der Waals surface area contributed by atoms with Gasteiger partial charge in [0, 0.05) is 26.2 Å².